The zero-order chi connectivity index (χ0) is 16.1. The molecule has 1 aliphatic heterocycles. The van der Waals surface area contributed by atoms with Crippen LogP contribution in [-0.4, -0.2) is 47.9 Å². The minimum atomic E-state index is 0.229. The number of rotatable bonds is 4. The molecule has 1 aliphatic carbocycles. The van der Waals surface area contributed by atoms with Crippen LogP contribution >= 0.6 is 0 Å². The Balaban J connectivity index is 1.44. The van der Waals surface area contributed by atoms with Crippen molar-refractivity contribution in [3.8, 4) is 0 Å². The number of benzene rings is 1. The Morgan fingerprint density at radius 1 is 1.04 bits per heavy atom. The fourth-order valence-corrected chi connectivity index (χ4v) is 3.84. The van der Waals surface area contributed by atoms with Crippen molar-refractivity contribution in [3.05, 3.63) is 35.9 Å². The third-order valence-corrected chi connectivity index (χ3v) is 5.38. The lowest BCUT2D eigenvalue weighted by Crippen LogP contribution is -2.49. The average molecular weight is 315 g/mol. The molecule has 2 atom stereocenters. The van der Waals surface area contributed by atoms with E-state index < -0.39 is 0 Å². The summed E-state index contributed by atoms with van der Waals surface area (Å²) in [4.78, 5) is 17.0. The number of piperazine rings is 1. The Labute approximate surface area is 139 Å². The molecule has 0 radical (unpaired) electrons. The number of amides is 1. The van der Waals surface area contributed by atoms with Crippen LogP contribution in [0.15, 0.2) is 30.3 Å². The molecule has 4 nitrogen and oxygen atoms in total. The Bertz CT molecular complexity index is 497. The second kappa shape index (κ2) is 7.93. The highest BCUT2D eigenvalue weighted by molar-refractivity contribution is 5.76. The summed E-state index contributed by atoms with van der Waals surface area (Å²) >= 11 is 0. The molecule has 0 aromatic heterocycles. The van der Waals surface area contributed by atoms with Gasteiger partial charge >= 0.3 is 0 Å². The molecule has 23 heavy (non-hydrogen) atoms. The van der Waals surface area contributed by atoms with E-state index in [9.17, 15) is 4.79 Å². The van der Waals surface area contributed by atoms with Crippen LogP contribution < -0.4 is 5.73 Å². The van der Waals surface area contributed by atoms with E-state index in [-0.39, 0.29) is 6.04 Å². The molecular weight excluding hydrogens is 286 g/mol. The predicted octanol–water partition coefficient (Wildman–Crippen LogP) is 2.24. The summed E-state index contributed by atoms with van der Waals surface area (Å²) in [7, 11) is 0. The van der Waals surface area contributed by atoms with Gasteiger partial charge in [-0.1, -0.05) is 43.2 Å². The standard InChI is InChI=1S/C19H29N3O/c20-18-9-5-4-8-17(18)14-19(23)22-12-10-21(11-13-22)15-16-6-2-1-3-7-16/h1-3,6-7,17-18H,4-5,8-15,20H2. The van der Waals surface area contributed by atoms with Gasteiger partial charge in [-0.15, -0.1) is 0 Å². The van der Waals surface area contributed by atoms with Crippen LogP contribution in [0.2, 0.25) is 0 Å². The smallest absolute Gasteiger partial charge is 0.222 e. The largest absolute Gasteiger partial charge is 0.340 e. The van der Waals surface area contributed by atoms with Crippen molar-refractivity contribution >= 4 is 5.91 Å². The van der Waals surface area contributed by atoms with Gasteiger partial charge in [-0.05, 0) is 24.3 Å². The summed E-state index contributed by atoms with van der Waals surface area (Å²) in [6.07, 6.45) is 5.32. The third-order valence-electron chi connectivity index (χ3n) is 5.38. The molecule has 1 heterocycles. The first kappa shape index (κ1) is 16.5. The quantitative estimate of drug-likeness (QED) is 0.927. The third kappa shape index (κ3) is 4.55. The number of nitrogens with two attached hydrogens (primary N) is 1. The minimum Gasteiger partial charge on any atom is -0.340 e. The average Bonchev–Trinajstić information content (AvgIpc) is 2.58. The lowest BCUT2D eigenvalue weighted by Gasteiger charge is -2.36. The van der Waals surface area contributed by atoms with Crippen LogP contribution in [0, 0.1) is 5.92 Å². The highest BCUT2D eigenvalue weighted by atomic mass is 16.2. The molecule has 1 saturated carbocycles. The van der Waals surface area contributed by atoms with Crippen molar-refractivity contribution in [1.82, 2.24) is 9.80 Å². The van der Waals surface area contributed by atoms with Crippen LogP contribution in [0.25, 0.3) is 0 Å². The molecule has 0 spiro atoms. The normalized spacial score (nSPS) is 26.2. The van der Waals surface area contributed by atoms with Crippen molar-refractivity contribution < 1.29 is 4.79 Å². The molecule has 0 bridgehead atoms. The molecule has 2 unspecified atom stereocenters. The Hall–Kier alpha value is -1.39. The van der Waals surface area contributed by atoms with Crippen molar-refractivity contribution in [2.45, 2.75) is 44.7 Å². The van der Waals surface area contributed by atoms with E-state index in [1.165, 1.54) is 18.4 Å². The lowest BCUT2D eigenvalue weighted by molar-refractivity contribution is -0.134. The van der Waals surface area contributed by atoms with E-state index in [4.69, 9.17) is 5.73 Å². The predicted molar refractivity (Wildman–Crippen MR) is 92.8 cm³/mol. The molecule has 2 aliphatic rings. The zero-order valence-electron chi connectivity index (χ0n) is 14.0. The van der Waals surface area contributed by atoms with Gasteiger partial charge in [-0.25, -0.2) is 0 Å². The van der Waals surface area contributed by atoms with Gasteiger partial charge in [0.05, 0.1) is 0 Å². The van der Waals surface area contributed by atoms with E-state index in [1.54, 1.807) is 0 Å². The van der Waals surface area contributed by atoms with Crippen LogP contribution in [0.3, 0.4) is 0 Å². The topological polar surface area (TPSA) is 49.6 Å². The monoisotopic (exact) mass is 315 g/mol. The maximum Gasteiger partial charge on any atom is 0.222 e. The molecule has 3 rings (SSSR count). The number of carbonyl (C=O) groups is 1. The van der Waals surface area contributed by atoms with Gasteiger partial charge in [0.1, 0.15) is 0 Å². The lowest BCUT2D eigenvalue weighted by atomic mass is 9.82. The van der Waals surface area contributed by atoms with Crippen LogP contribution in [-0.2, 0) is 11.3 Å². The van der Waals surface area contributed by atoms with Crippen molar-refractivity contribution in [1.29, 1.82) is 0 Å². The van der Waals surface area contributed by atoms with E-state index >= 15 is 0 Å². The van der Waals surface area contributed by atoms with Gasteiger partial charge in [0, 0.05) is 45.2 Å². The Kier molecular flexibility index (Phi) is 5.68. The van der Waals surface area contributed by atoms with Crippen LogP contribution in [0.4, 0.5) is 0 Å². The van der Waals surface area contributed by atoms with Crippen LogP contribution in [0.1, 0.15) is 37.7 Å². The summed E-state index contributed by atoms with van der Waals surface area (Å²) in [5.74, 6) is 0.713. The fourth-order valence-electron chi connectivity index (χ4n) is 3.84. The molecule has 1 aromatic carbocycles. The second-order valence-corrected chi connectivity index (χ2v) is 7.06. The first-order valence-electron chi connectivity index (χ1n) is 9.02. The number of hydrogen-bond acceptors (Lipinski definition) is 3. The minimum absolute atomic E-state index is 0.229. The van der Waals surface area contributed by atoms with Crippen molar-refractivity contribution in [3.63, 3.8) is 0 Å². The van der Waals surface area contributed by atoms with Crippen molar-refractivity contribution in [2.24, 2.45) is 11.7 Å². The van der Waals surface area contributed by atoms with Gasteiger partial charge in [0.2, 0.25) is 5.91 Å². The van der Waals surface area contributed by atoms with E-state index in [0.717, 1.165) is 45.6 Å². The number of hydrogen-bond donors (Lipinski definition) is 1. The first-order chi connectivity index (χ1) is 11.2. The zero-order valence-corrected chi connectivity index (χ0v) is 14.0. The second-order valence-electron chi connectivity index (χ2n) is 7.06. The highest BCUT2D eigenvalue weighted by Crippen LogP contribution is 2.26. The van der Waals surface area contributed by atoms with Crippen molar-refractivity contribution in [2.75, 3.05) is 26.2 Å². The summed E-state index contributed by atoms with van der Waals surface area (Å²) in [6, 6.07) is 10.8. The number of nitrogens with zero attached hydrogens (tertiary/aromatic N) is 2. The maximum atomic E-state index is 12.5. The molecule has 2 N–H and O–H groups in total. The molecule has 1 amide bonds. The molecular formula is C19H29N3O. The van der Waals surface area contributed by atoms with Gasteiger partial charge in [-0.2, -0.15) is 0 Å². The summed E-state index contributed by atoms with van der Waals surface area (Å²) < 4.78 is 0. The van der Waals surface area contributed by atoms with E-state index in [1.807, 2.05) is 4.90 Å². The number of carbonyl (C=O) groups excluding carboxylic acids is 1. The van der Waals surface area contributed by atoms with E-state index in [2.05, 4.69) is 35.2 Å². The molecule has 2 fully saturated rings. The van der Waals surface area contributed by atoms with Gasteiger partial charge in [0.15, 0.2) is 0 Å². The van der Waals surface area contributed by atoms with Crippen LogP contribution in [0.5, 0.6) is 0 Å². The van der Waals surface area contributed by atoms with Gasteiger partial charge < -0.3 is 10.6 Å². The summed E-state index contributed by atoms with van der Waals surface area (Å²) in [5.41, 5.74) is 7.53. The first-order valence-corrected chi connectivity index (χ1v) is 9.02. The molecule has 1 saturated heterocycles. The van der Waals surface area contributed by atoms with Gasteiger partial charge in [-0.3, -0.25) is 9.69 Å². The maximum absolute atomic E-state index is 12.5. The van der Waals surface area contributed by atoms with E-state index in [0.29, 0.717) is 18.2 Å². The Morgan fingerprint density at radius 3 is 2.43 bits per heavy atom. The SMILES string of the molecule is NC1CCCCC1CC(=O)N1CCN(Cc2ccccc2)CC1. The molecule has 1 aromatic rings. The summed E-state index contributed by atoms with van der Waals surface area (Å²) in [5, 5.41) is 0. The molecule has 126 valence electrons. The van der Waals surface area contributed by atoms with Gasteiger partial charge in [0.25, 0.3) is 0 Å². The Morgan fingerprint density at radius 2 is 1.74 bits per heavy atom. The fraction of sp³-hybridized carbons (Fsp3) is 0.632. The molecule has 4 heteroatoms. The summed E-state index contributed by atoms with van der Waals surface area (Å²) in [6.45, 7) is 4.63. The highest BCUT2D eigenvalue weighted by Gasteiger charge is 2.27.